The van der Waals surface area contributed by atoms with E-state index >= 15 is 0 Å². The second-order valence-corrected chi connectivity index (χ2v) is 5.63. The highest BCUT2D eigenvalue weighted by Gasteiger charge is 2.06. The second-order valence-electron chi connectivity index (χ2n) is 5.63. The molecule has 23 heavy (non-hydrogen) atoms. The van der Waals surface area contributed by atoms with Gasteiger partial charge in [0.15, 0.2) is 0 Å². The van der Waals surface area contributed by atoms with Crippen molar-refractivity contribution in [2.75, 3.05) is 25.0 Å². The smallest absolute Gasteiger partial charge is 0.119 e. The van der Waals surface area contributed by atoms with Gasteiger partial charge >= 0.3 is 0 Å². The van der Waals surface area contributed by atoms with E-state index in [9.17, 15) is 0 Å². The molecule has 3 nitrogen and oxygen atoms in total. The average molecular weight is 312 g/mol. The highest BCUT2D eigenvalue weighted by Crippen LogP contribution is 2.17. The van der Waals surface area contributed by atoms with Crippen LogP contribution in [0.3, 0.4) is 0 Å². The monoisotopic (exact) mass is 312 g/mol. The highest BCUT2D eigenvalue weighted by molar-refractivity contribution is 5.46. The van der Waals surface area contributed by atoms with E-state index in [-0.39, 0.29) is 0 Å². The van der Waals surface area contributed by atoms with Crippen molar-refractivity contribution >= 4 is 5.69 Å². The topological polar surface area (TPSA) is 33.3 Å². The summed E-state index contributed by atoms with van der Waals surface area (Å²) in [6.45, 7) is 6.93. The lowest BCUT2D eigenvalue weighted by molar-refractivity contribution is 0.317. The summed E-state index contributed by atoms with van der Waals surface area (Å²) in [6.07, 6.45) is 2.12. The molecule has 0 saturated carbocycles. The Morgan fingerprint density at radius 2 is 1.65 bits per heavy atom. The van der Waals surface area contributed by atoms with Gasteiger partial charge < -0.3 is 15.4 Å². The fourth-order valence-corrected chi connectivity index (χ4v) is 2.53. The minimum atomic E-state index is 0.419. The number of benzene rings is 2. The number of nitrogens with one attached hydrogen (secondary N) is 2. The Bertz CT molecular complexity index is 539. The largest absolute Gasteiger partial charge is 0.494 e. The molecule has 2 rings (SSSR count). The Labute approximate surface area is 140 Å². The molecule has 2 aromatic carbocycles. The van der Waals surface area contributed by atoms with E-state index < -0.39 is 0 Å². The third kappa shape index (κ3) is 5.95. The average Bonchev–Trinajstić information content (AvgIpc) is 2.62. The van der Waals surface area contributed by atoms with E-state index in [1.165, 1.54) is 5.56 Å². The zero-order chi connectivity index (χ0) is 16.3. The molecule has 0 radical (unpaired) electrons. The van der Waals surface area contributed by atoms with Crippen molar-refractivity contribution in [1.82, 2.24) is 5.32 Å². The van der Waals surface area contributed by atoms with E-state index in [1.54, 1.807) is 0 Å². The maximum atomic E-state index is 5.59. The molecule has 2 aromatic rings. The molecule has 0 spiro atoms. The Morgan fingerprint density at radius 1 is 0.913 bits per heavy atom. The molecule has 0 saturated heterocycles. The van der Waals surface area contributed by atoms with Gasteiger partial charge in [-0.05, 0) is 42.7 Å². The van der Waals surface area contributed by atoms with Gasteiger partial charge in [-0.15, -0.1) is 0 Å². The number of hydrogen-bond acceptors (Lipinski definition) is 3. The lowest BCUT2D eigenvalue weighted by atomic mass is 10.0. The van der Waals surface area contributed by atoms with Crippen LogP contribution in [-0.4, -0.2) is 19.7 Å². The van der Waals surface area contributed by atoms with Crippen molar-refractivity contribution in [3.05, 3.63) is 60.2 Å². The molecule has 0 heterocycles. The molecule has 0 aliphatic heterocycles. The summed E-state index contributed by atoms with van der Waals surface area (Å²) in [5.41, 5.74) is 2.48. The first-order valence-electron chi connectivity index (χ1n) is 8.58. The third-order valence-electron chi connectivity index (χ3n) is 3.78. The predicted octanol–water partition coefficient (Wildman–Crippen LogP) is 4.63. The van der Waals surface area contributed by atoms with E-state index in [2.05, 4.69) is 66.9 Å². The maximum absolute atomic E-state index is 5.59. The summed E-state index contributed by atoms with van der Waals surface area (Å²) < 4.78 is 5.59. The lowest BCUT2D eigenvalue weighted by Gasteiger charge is -2.18. The first-order chi connectivity index (χ1) is 11.3. The number of rotatable bonds is 10. The molecule has 0 aromatic heterocycles. The van der Waals surface area contributed by atoms with Gasteiger partial charge in [0.1, 0.15) is 5.75 Å². The van der Waals surface area contributed by atoms with Crippen molar-refractivity contribution in [1.29, 1.82) is 0 Å². The van der Waals surface area contributed by atoms with Crippen molar-refractivity contribution in [2.24, 2.45) is 0 Å². The summed E-state index contributed by atoms with van der Waals surface area (Å²) in [4.78, 5) is 0. The molecule has 0 aliphatic rings. The summed E-state index contributed by atoms with van der Waals surface area (Å²) in [5, 5.41) is 7.05. The van der Waals surface area contributed by atoms with E-state index in [1.807, 2.05) is 12.1 Å². The van der Waals surface area contributed by atoms with Crippen LogP contribution < -0.4 is 15.4 Å². The van der Waals surface area contributed by atoms with Gasteiger partial charge in [0.05, 0.1) is 6.61 Å². The molecule has 2 N–H and O–H groups in total. The van der Waals surface area contributed by atoms with Crippen LogP contribution in [0.25, 0.3) is 0 Å². The zero-order valence-electron chi connectivity index (χ0n) is 14.2. The van der Waals surface area contributed by atoms with Gasteiger partial charge in [0.25, 0.3) is 0 Å². The normalized spacial score (nSPS) is 11.9. The van der Waals surface area contributed by atoms with Gasteiger partial charge in [-0.25, -0.2) is 0 Å². The molecule has 1 atom stereocenters. The van der Waals surface area contributed by atoms with Crippen LogP contribution in [0.4, 0.5) is 5.69 Å². The van der Waals surface area contributed by atoms with Gasteiger partial charge in [-0.2, -0.15) is 0 Å². The van der Waals surface area contributed by atoms with Gasteiger partial charge in [-0.3, -0.25) is 0 Å². The first kappa shape index (κ1) is 17.4. The number of ether oxygens (including phenoxy) is 1. The van der Waals surface area contributed by atoms with Crippen LogP contribution in [-0.2, 0) is 0 Å². The molecular weight excluding hydrogens is 284 g/mol. The lowest BCUT2D eigenvalue weighted by Crippen LogP contribution is -2.26. The number of anilines is 1. The Kier molecular flexibility index (Phi) is 7.47. The maximum Gasteiger partial charge on any atom is 0.119 e. The summed E-state index contributed by atoms with van der Waals surface area (Å²) >= 11 is 0. The van der Waals surface area contributed by atoms with Gasteiger partial charge in [0.2, 0.25) is 0 Å². The fourth-order valence-electron chi connectivity index (χ4n) is 2.53. The molecule has 0 amide bonds. The molecule has 0 aliphatic carbocycles. The van der Waals surface area contributed by atoms with Gasteiger partial charge in [-0.1, -0.05) is 44.2 Å². The highest BCUT2D eigenvalue weighted by atomic mass is 16.5. The van der Waals surface area contributed by atoms with E-state index in [0.717, 1.165) is 44.0 Å². The minimum absolute atomic E-state index is 0.419. The van der Waals surface area contributed by atoms with Crippen molar-refractivity contribution in [3.63, 3.8) is 0 Å². The van der Waals surface area contributed by atoms with Crippen molar-refractivity contribution in [2.45, 2.75) is 32.7 Å². The predicted molar refractivity (Wildman–Crippen MR) is 98.2 cm³/mol. The SMILES string of the molecule is CCCOc1ccc(NCCNC(CC)c2ccccc2)cc1. The van der Waals surface area contributed by atoms with Gasteiger partial charge in [0, 0.05) is 24.8 Å². The summed E-state index contributed by atoms with van der Waals surface area (Å²) in [6, 6.07) is 19.2. The van der Waals surface area contributed by atoms with Crippen LogP contribution in [0, 0.1) is 0 Å². The van der Waals surface area contributed by atoms with Crippen molar-refractivity contribution in [3.8, 4) is 5.75 Å². The van der Waals surface area contributed by atoms with Crippen LogP contribution in [0.5, 0.6) is 5.75 Å². The third-order valence-corrected chi connectivity index (χ3v) is 3.78. The Morgan fingerprint density at radius 3 is 2.30 bits per heavy atom. The minimum Gasteiger partial charge on any atom is -0.494 e. The second kappa shape index (κ2) is 9.90. The summed E-state index contributed by atoms with van der Waals surface area (Å²) in [5.74, 6) is 0.936. The molecule has 1 unspecified atom stereocenters. The van der Waals surface area contributed by atoms with E-state index in [0.29, 0.717) is 6.04 Å². The zero-order valence-corrected chi connectivity index (χ0v) is 14.2. The molecule has 0 fully saturated rings. The fraction of sp³-hybridized carbons (Fsp3) is 0.400. The quantitative estimate of drug-likeness (QED) is 0.628. The Hall–Kier alpha value is -2.00. The van der Waals surface area contributed by atoms with Crippen LogP contribution in [0.2, 0.25) is 0 Å². The standard InChI is InChI=1S/C20H28N2O/c1-3-16-23-19-12-10-18(11-13-19)21-14-15-22-20(4-2)17-8-6-5-7-9-17/h5-13,20-22H,3-4,14-16H2,1-2H3. The van der Waals surface area contributed by atoms with Crippen LogP contribution in [0.15, 0.2) is 54.6 Å². The molecule has 3 heteroatoms. The van der Waals surface area contributed by atoms with Crippen molar-refractivity contribution < 1.29 is 4.74 Å². The summed E-state index contributed by atoms with van der Waals surface area (Å²) in [7, 11) is 0. The first-order valence-corrected chi connectivity index (χ1v) is 8.58. The molecular formula is C20H28N2O. The van der Waals surface area contributed by atoms with E-state index in [4.69, 9.17) is 4.74 Å². The molecule has 0 bridgehead atoms. The van der Waals surface area contributed by atoms with Crippen LogP contribution >= 0.6 is 0 Å². The van der Waals surface area contributed by atoms with Crippen LogP contribution in [0.1, 0.15) is 38.3 Å². The molecule has 124 valence electrons. The number of hydrogen-bond donors (Lipinski definition) is 2. The Balaban J connectivity index is 1.72.